The van der Waals surface area contributed by atoms with Crippen molar-refractivity contribution in [1.82, 2.24) is 0 Å². The van der Waals surface area contributed by atoms with Crippen LogP contribution in [0.15, 0.2) is 47.1 Å². The molecule has 80 valence electrons. The van der Waals surface area contributed by atoms with E-state index in [9.17, 15) is 0 Å². The van der Waals surface area contributed by atoms with E-state index in [1.807, 2.05) is 18.4 Å². The molecule has 0 aromatic rings. The maximum atomic E-state index is 4.37. The van der Waals surface area contributed by atoms with Crippen molar-refractivity contribution in [3.8, 4) is 0 Å². The molecule has 15 heavy (non-hydrogen) atoms. The molecule has 0 aromatic heterocycles. The molecule has 0 amide bonds. The Morgan fingerprint density at radius 3 is 3.27 bits per heavy atom. The van der Waals surface area contributed by atoms with Crippen molar-refractivity contribution in [3.05, 3.63) is 37.1 Å². The molecule has 0 N–H and O–H groups in total. The highest BCUT2D eigenvalue weighted by Crippen LogP contribution is 2.12. The van der Waals surface area contributed by atoms with Crippen molar-refractivity contribution in [1.29, 1.82) is 0 Å². The van der Waals surface area contributed by atoms with Crippen LogP contribution in [-0.4, -0.2) is 18.5 Å². The molecule has 2 heteroatoms. The van der Waals surface area contributed by atoms with Gasteiger partial charge in [0.1, 0.15) is 0 Å². The maximum absolute atomic E-state index is 4.37. The molecule has 1 rings (SSSR count). The van der Waals surface area contributed by atoms with Crippen LogP contribution in [0.5, 0.6) is 0 Å². The Morgan fingerprint density at radius 1 is 1.60 bits per heavy atom. The van der Waals surface area contributed by atoms with Gasteiger partial charge in [0.05, 0.1) is 6.54 Å². The maximum Gasteiger partial charge on any atom is 0.0772 e. The summed E-state index contributed by atoms with van der Waals surface area (Å²) < 4.78 is 0. The van der Waals surface area contributed by atoms with Crippen molar-refractivity contribution in [2.45, 2.75) is 19.8 Å². The first-order chi connectivity index (χ1) is 7.33. The summed E-state index contributed by atoms with van der Waals surface area (Å²) in [5.74, 6) is 0.635. The largest absolute Gasteiger partial charge is 0.287 e. The summed E-state index contributed by atoms with van der Waals surface area (Å²) >= 11 is 0. The molecule has 0 spiro atoms. The number of nitrogens with zero attached hydrogens (tertiary/aromatic N) is 2. The number of hydrogen-bond donors (Lipinski definition) is 0. The summed E-state index contributed by atoms with van der Waals surface area (Å²) in [6, 6.07) is 0. The SMILES string of the molecule is C=C/C=C\C=N/CC1=NC=CC(C)CC1. The normalized spacial score (nSPS) is 21.9. The zero-order chi connectivity index (χ0) is 10.9. The zero-order valence-corrected chi connectivity index (χ0v) is 9.26. The van der Waals surface area contributed by atoms with Gasteiger partial charge in [0.15, 0.2) is 0 Å². The van der Waals surface area contributed by atoms with Crippen molar-refractivity contribution in [2.75, 3.05) is 6.54 Å². The van der Waals surface area contributed by atoms with Crippen molar-refractivity contribution >= 4 is 11.9 Å². The first-order valence-corrected chi connectivity index (χ1v) is 5.32. The van der Waals surface area contributed by atoms with Gasteiger partial charge in [-0.2, -0.15) is 0 Å². The third-order valence-corrected chi connectivity index (χ3v) is 2.27. The molecular formula is C13H18N2. The average molecular weight is 202 g/mol. The van der Waals surface area contributed by atoms with E-state index in [-0.39, 0.29) is 0 Å². The summed E-state index contributed by atoms with van der Waals surface area (Å²) in [5.41, 5.74) is 1.17. The van der Waals surface area contributed by atoms with Gasteiger partial charge < -0.3 is 0 Å². The Morgan fingerprint density at radius 2 is 2.47 bits per heavy atom. The first-order valence-electron chi connectivity index (χ1n) is 5.32. The van der Waals surface area contributed by atoms with Crippen LogP contribution in [0.3, 0.4) is 0 Å². The lowest BCUT2D eigenvalue weighted by molar-refractivity contribution is 0.672. The fraction of sp³-hybridized carbons (Fsp3) is 0.385. The average Bonchev–Trinajstić information content (AvgIpc) is 2.43. The Kier molecular flexibility index (Phi) is 5.38. The van der Waals surface area contributed by atoms with E-state index in [0.717, 1.165) is 6.42 Å². The van der Waals surface area contributed by atoms with Crippen LogP contribution in [0.4, 0.5) is 0 Å². The van der Waals surface area contributed by atoms with E-state index in [4.69, 9.17) is 0 Å². The van der Waals surface area contributed by atoms with E-state index in [0.29, 0.717) is 12.5 Å². The van der Waals surface area contributed by atoms with Gasteiger partial charge in [-0.1, -0.05) is 31.7 Å². The van der Waals surface area contributed by atoms with Gasteiger partial charge in [0.25, 0.3) is 0 Å². The zero-order valence-electron chi connectivity index (χ0n) is 9.26. The lowest BCUT2D eigenvalue weighted by atomic mass is 10.0. The van der Waals surface area contributed by atoms with Crippen LogP contribution in [0, 0.1) is 5.92 Å². The highest BCUT2D eigenvalue weighted by Gasteiger charge is 2.04. The quantitative estimate of drug-likeness (QED) is 0.494. The van der Waals surface area contributed by atoms with Crippen LogP contribution < -0.4 is 0 Å². The van der Waals surface area contributed by atoms with Crippen LogP contribution in [0.1, 0.15) is 19.8 Å². The van der Waals surface area contributed by atoms with Crippen LogP contribution >= 0.6 is 0 Å². The molecule has 0 aliphatic carbocycles. The Hall–Kier alpha value is -1.44. The highest BCUT2D eigenvalue weighted by molar-refractivity contribution is 5.88. The van der Waals surface area contributed by atoms with Gasteiger partial charge in [-0.3, -0.25) is 9.98 Å². The fourth-order valence-electron chi connectivity index (χ4n) is 1.32. The van der Waals surface area contributed by atoms with E-state index in [1.165, 1.54) is 12.1 Å². The lowest BCUT2D eigenvalue weighted by Crippen LogP contribution is -2.03. The second-order valence-corrected chi connectivity index (χ2v) is 3.66. The number of rotatable bonds is 4. The number of hydrogen-bond acceptors (Lipinski definition) is 2. The molecule has 1 aliphatic rings. The highest BCUT2D eigenvalue weighted by atomic mass is 14.8. The standard InChI is InChI=1S/C13H18N2/c1-3-4-5-9-14-11-13-7-6-12(2)8-10-15-13/h3-5,8-10,12H,1,6-7,11H2,2H3/b5-4-,14-9-. The van der Waals surface area contributed by atoms with Crippen LogP contribution in [-0.2, 0) is 0 Å². The molecular weight excluding hydrogens is 184 g/mol. The molecule has 0 aromatic carbocycles. The van der Waals surface area contributed by atoms with E-state index < -0.39 is 0 Å². The minimum atomic E-state index is 0.635. The predicted molar refractivity (Wildman–Crippen MR) is 67.7 cm³/mol. The summed E-state index contributed by atoms with van der Waals surface area (Å²) in [4.78, 5) is 8.64. The summed E-state index contributed by atoms with van der Waals surface area (Å²) in [7, 11) is 0. The Labute approximate surface area is 91.8 Å². The van der Waals surface area contributed by atoms with Crippen LogP contribution in [0.2, 0.25) is 0 Å². The smallest absolute Gasteiger partial charge is 0.0772 e. The van der Waals surface area contributed by atoms with E-state index in [2.05, 4.69) is 29.6 Å². The van der Waals surface area contributed by atoms with Gasteiger partial charge in [-0.05, 0) is 24.8 Å². The minimum absolute atomic E-state index is 0.635. The van der Waals surface area contributed by atoms with Gasteiger partial charge in [0.2, 0.25) is 0 Å². The molecule has 1 unspecified atom stereocenters. The summed E-state index contributed by atoms with van der Waals surface area (Å²) in [5, 5.41) is 0. The van der Waals surface area contributed by atoms with E-state index >= 15 is 0 Å². The molecule has 1 aliphatic heterocycles. The minimum Gasteiger partial charge on any atom is -0.287 e. The topological polar surface area (TPSA) is 24.7 Å². The monoisotopic (exact) mass is 202 g/mol. The molecule has 0 saturated heterocycles. The van der Waals surface area contributed by atoms with Gasteiger partial charge in [-0.15, -0.1) is 0 Å². The second-order valence-electron chi connectivity index (χ2n) is 3.66. The third-order valence-electron chi connectivity index (χ3n) is 2.27. The van der Waals surface area contributed by atoms with Gasteiger partial charge in [0, 0.05) is 18.1 Å². The Bertz CT molecular complexity index is 308. The number of allylic oxidation sites excluding steroid dienone is 4. The first kappa shape index (κ1) is 11.6. The number of aliphatic imine (C=N–C) groups is 2. The van der Waals surface area contributed by atoms with Gasteiger partial charge in [-0.25, -0.2) is 0 Å². The molecule has 0 bridgehead atoms. The summed E-state index contributed by atoms with van der Waals surface area (Å²) in [6.45, 7) is 6.51. The summed E-state index contributed by atoms with van der Waals surface area (Å²) in [6.07, 6.45) is 13.5. The Balaban J connectivity index is 2.36. The molecule has 0 fully saturated rings. The molecule has 0 saturated carbocycles. The molecule has 1 heterocycles. The molecule has 2 nitrogen and oxygen atoms in total. The molecule has 0 radical (unpaired) electrons. The predicted octanol–water partition coefficient (Wildman–Crippen LogP) is 3.18. The third kappa shape index (κ3) is 5.11. The van der Waals surface area contributed by atoms with Crippen molar-refractivity contribution in [3.63, 3.8) is 0 Å². The van der Waals surface area contributed by atoms with Crippen LogP contribution in [0.25, 0.3) is 0 Å². The van der Waals surface area contributed by atoms with Crippen molar-refractivity contribution in [2.24, 2.45) is 15.9 Å². The van der Waals surface area contributed by atoms with Gasteiger partial charge >= 0.3 is 0 Å². The van der Waals surface area contributed by atoms with E-state index in [1.54, 1.807) is 12.3 Å². The lowest BCUT2D eigenvalue weighted by Gasteiger charge is -2.02. The molecule has 1 atom stereocenters. The fourth-order valence-corrected chi connectivity index (χ4v) is 1.32. The van der Waals surface area contributed by atoms with Crippen molar-refractivity contribution < 1.29 is 0 Å². The second kappa shape index (κ2) is 6.93.